The largest absolute Gasteiger partial charge is 0.494 e. The highest BCUT2D eigenvalue weighted by atomic mass is 16.5. The van der Waals surface area contributed by atoms with E-state index in [1.807, 2.05) is 23.1 Å². The second-order valence-corrected chi connectivity index (χ2v) is 6.99. The van der Waals surface area contributed by atoms with Crippen LogP contribution in [0.3, 0.4) is 0 Å². The third kappa shape index (κ3) is 3.26. The Morgan fingerprint density at radius 2 is 1.57 bits per heavy atom. The first-order valence-electron chi connectivity index (χ1n) is 9.65. The number of nitrogens with zero attached hydrogens (tertiary/aromatic N) is 3. The molecule has 0 N–H and O–H groups in total. The first-order chi connectivity index (χ1) is 13.7. The van der Waals surface area contributed by atoms with Crippen molar-refractivity contribution in [2.75, 3.05) is 20.2 Å². The molecule has 0 aliphatic carbocycles. The molecule has 0 bridgehead atoms. The van der Waals surface area contributed by atoms with E-state index in [2.05, 4.69) is 5.10 Å². The number of ether oxygens (including phenoxy) is 1. The van der Waals surface area contributed by atoms with Crippen molar-refractivity contribution in [3.63, 3.8) is 0 Å². The number of aromatic nitrogens is 2. The maximum absolute atomic E-state index is 13.3. The van der Waals surface area contributed by atoms with Gasteiger partial charge in [0, 0.05) is 18.5 Å². The lowest BCUT2D eigenvalue weighted by molar-refractivity contribution is 0.0756. The summed E-state index contributed by atoms with van der Waals surface area (Å²) in [6.07, 6.45) is 4.27. The number of carbonyl (C=O) groups excluding carboxylic acids is 1. The van der Waals surface area contributed by atoms with Crippen LogP contribution in [0.5, 0.6) is 5.75 Å². The molecular weight excluding hydrogens is 354 g/mol. The van der Waals surface area contributed by atoms with Crippen LogP contribution in [0.4, 0.5) is 0 Å². The first kappa shape index (κ1) is 18.2. The highest BCUT2D eigenvalue weighted by Crippen LogP contribution is 2.23. The molecule has 1 fully saturated rings. The molecule has 28 heavy (non-hydrogen) atoms. The van der Waals surface area contributed by atoms with Crippen LogP contribution in [0, 0.1) is 0 Å². The number of hydrogen-bond donors (Lipinski definition) is 0. The molecule has 0 spiro atoms. The summed E-state index contributed by atoms with van der Waals surface area (Å²) in [5.74, 6) is 0.405. The third-order valence-electron chi connectivity index (χ3n) is 5.21. The smallest absolute Gasteiger partial charge is 0.279 e. The Hall–Kier alpha value is -3.15. The van der Waals surface area contributed by atoms with Gasteiger partial charge >= 0.3 is 0 Å². The molecule has 6 nitrogen and oxygen atoms in total. The van der Waals surface area contributed by atoms with E-state index in [0.29, 0.717) is 27.9 Å². The fourth-order valence-electron chi connectivity index (χ4n) is 3.74. The average molecular weight is 377 g/mol. The number of likely N-dealkylation sites (tertiary alicyclic amines) is 1. The van der Waals surface area contributed by atoms with Gasteiger partial charge in [-0.25, -0.2) is 0 Å². The van der Waals surface area contributed by atoms with Gasteiger partial charge in [-0.05, 0) is 31.0 Å². The lowest BCUT2D eigenvalue weighted by atomic mass is 10.1. The van der Waals surface area contributed by atoms with Crippen LogP contribution in [-0.4, -0.2) is 40.8 Å². The van der Waals surface area contributed by atoms with Gasteiger partial charge < -0.3 is 9.64 Å². The monoisotopic (exact) mass is 377 g/mol. The summed E-state index contributed by atoms with van der Waals surface area (Å²) in [7, 11) is 1.55. The number of amides is 1. The molecule has 1 aliphatic heterocycles. The predicted octanol–water partition coefficient (Wildman–Crippen LogP) is 3.41. The number of methoxy groups -OCH3 is 1. The molecule has 4 rings (SSSR count). The second-order valence-electron chi connectivity index (χ2n) is 6.99. The molecule has 2 heterocycles. The van der Waals surface area contributed by atoms with Gasteiger partial charge in [-0.1, -0.05) is 43.2 Å². The van der Waals surface area contributed by atoms with Gasteiger partial charge in [0.25, 0.3) is 11.5 Å². The van der Waals surface area contributed by atoms with E-state index in [4.69, 9.17) is 4.74 Å². The number of rotatable bonds is 3. The Labute approximate surface area is 163 Å². The zero-order valence-electron chi connectivity index (χ0n) is 15.9. The van der Waals surface area contributed by atoms with Crippen LogP contribution < -0.4 is 10.3 Å². The molecule has 0 saturated carbocycles. The highest BCUT2D eigenvalue weighted by molar-refractivity contribution is 6.04. The summed E-state index contributed by atoms with van der Waals surface area (Å²) < 4.78 is 6.69. The van der Waals surface area contributed by atoms with Crippen molar-refractivity contribution >= 4 is 16.7 Å². The second kappa shape index (κ2) is 7.84. The van der Waals surface area contributed by atoms with E-state index >= 15 is 0 Å². The average Bonchev–Trinajstić information content (AvgIpc) is 3.03. The van der Waals surface area contributed by atoms with Gasteiger partial charge in [-0.15, -0.1) is 0 Å². The molecule has 0 unspecified atom stereocenters. The maximum Gasteiger partial charge on any atom is 0.279 e. The van der Waals surface area contributed by atoms with Gasteiger partial charge in [0.2, 0.25) is 0 Å². The predicted molar refractivity (Wildman–Crippen MR) is 108 cm³/mol. The molecule has 0 radical (unpaired) electrons. The summed E-state index contributed by atoms with van der Waals surface area (Å²) in [5, 5.41) is 5.58. The van der Waals surface area contributed by atoms with Crippen molar-refractivity contribution in [3.05, 3.63) is 64.6 Å². The zero-order chi connectivity index (χ0) is 19.5. The van der Waals surface area contributed by atoms with Gasteiger partial charge in [0.15, 0.2) is 5.69 Å². The van der Waals surface area contributed by atoms with Crippen LogP contribution in [0.25, 0.3) is 16.5 Å². The molecular formula is C22H23N3O3. The van der Waals surface area contributed by atoms with Gasteiger partial charge in [-0.2, -0.15) is 9.78 Å². The first-order valence-corrected chi connectivity index (χ1v) is 9.65. The normalized spacial score (nSPS) is 14.7. The zero-order valence-corrected chi connectivity index (χ0v) is 15.9. The van der Waals surface area contributed by atoms with Crippen LogP contribution >= 0.6 is 0 Å². The fraction of sp³-hybridized carbons (Fsp3) is 0.318. The molecule has 6 heteroatoms. The van der Waals surface area contributed by atoms with E-state index in [9.17, 15) is 9.59 Å². The standard InChI is InChI=1S/C22H23N3O3/c1-28-19-13-7-6-12-18(19)25-21(26)17-11-5-4-10-16(17)20(23-25)22(27)24-14-8-2-3-9-15-24/h4-7,10-13H,2-3,8-9,14-15H2,1H3. The van der Waals surface area contributed by atoms with Crippen molar-refractivity contribution in [1.29, 1.82) is 0 Å². The summed E-state index contributed by atoms with van der Waals surface area (Å²) in [6, 6.07) is 14.4. The highest BCUT2D eigenvalue weighted by Gasteiger charge is 2.23. The topological polar surface area (TPSA) is 64.4 Å². The number of benzene rings is 2. The SMILES string of the molecule is COc1ccccc1-n1nc(C(=O)N2CCCCCC2)c2ccccc2c1=O. The lowest BCUT2D eigenvalue weighted by Crippen LogP contribution is -2.35. The minimum atomic E-state index is -0.271. The summed E-state index contributed by atoms with van der Waals surface area (Å²) in [5.41, 5.74) is 0.557. The summed E-state index contributed by atoms with van der Waals surface area (Å²) in [4.78, 5) is 28.3. The van der Waals surface area contributed by atoms with Crippen molar-refractivity contribution < 1.29 is 9.53 Å². The van der Waals surface area contributed by atoms with Crippen LogP contribution in [-0.2, 0) is 0 Å². The Morgan fingerprint density at radius 3 is 2.29 bits per heavy atom. The van der Waals surface area contributed by atoms with Crippen molar-refractivity contribution in [1.82, 2.24) is 14.7 Å². The summed E-state index contributed by atoms with van der Waals surface area (Å²) >= 11 is 0. The number of para-hydroxylation sites is 2. The van der Waals surface area contributed by atoms with E-state index in [1.165, 1.54) is 4.68 Å². The molecule has 144 valence electrons. The minimum absolute atomic E-state index is 0.123. The Morgan fingerprint density at radius 1 is 0.929 bits per heavy atom. The van der Waals surface area contributed by atoms with Crippen LogP contribution in [0.2, 0.25) is 0 Å². The molecule has 3 aromatic rings. The van der Waals surface area contributed by atoms with Gasteiger partial charge in [-0.3, -0.25) is 9.59 Å². The molecule has 2 aromatic carbocycles. The van der Waals surface area contributed by atoms with E-state index < -0.39 is 0 Å². The number of carbonyl (C=O) groups is 1. The van der Waals surface area contributed by atoms with E-state index in [0.717, 1.165) is 38.8 Å². The van der Waals surface area contributed by atoms with Crippen LogP contribution in [0.15, 0.2) is 53.3 Å². The lowest BCUT2D eigenvalue weighted by Gasteiger charge is -2.21. The molecule has 1 aliphatic rings. The molecule has 1 saturated heterocycles. The summed E-state index contributed by atoms with van der Waals surface area (Å²) in [6.45, 7) is 1.45. The molecule has 1 aromatic heterocycles. The fourth-order valence-corrected chi connectivity index (χ4v) is 3.74. The Bertz CT molecular complexity index is 1070. The quantitative estimate of drug-likeness (QED) is 0.702. The van der Waals surface area contributed by atoms with Gasteiger partial charge in [0.1, 0.15) is 11.4 Å². The Kier molecular flexibility index (Phi) is 5.10. The van der Waals surface area contributed by atoms with Crippen LogP contribution in [0.1, 0.15) is 36.2 Å². The van der Waals surface area contributed by atoms with E-state index in [1.54, 1.807) is 37.4 Å². The Balaban J connectivity index is 1.92. The minimum Gasteiger partial charge on any atom is -0.494 e. The third-order valence-corrected chi connectivity index (χ3v) is 5.21. The van der Waals surface area contributed by atoms with Gasteiger partial charge in [0.05, 0.1) is 12.5 Å². The van der Waals surface area contributed by atoms with E-state index in [-0.39, 0.29) is 11.5 Å². The molecule has 1 amide bonds. The van der Waals surface area contributed by atoms with Crippen molar-refractivity contribution in [3.8, 4) is 11.4 Å². The maximum atomic E-state index is 13.3. The van der Waals surface area contributed by atoms with Crippen molar-refractivity contribution in [2.24, 2.45) is 0 Å². The number of hydrogen-bond acceptors (Lipinski definition) is 4. The number of fused-ring (bicyclic) bond motifs is 1. The molecule has 0 atom stereocenters. The van der Waals surface area contributed by atoms with Crippen molar-refractivity contribution in [2.45, 2.75) is 25.7 Å².